The minimum Gasteiger partial charge on any atom is -0.508 e. The number of hydrogen-bond acceptors (Lipinski definition) is 3. The number of rotatable bonds is 4. The first-order valence-electron chi connectivity index (χ1n) is 7.07. The lowest BCUT2D eigenvalue weighted by Crippen LogP contribution is -2.49. The highest BCUT2D eigenvalue weighted by molar-refractivity contribution is 7.80. The highest BCUT2D eigenvalue weighted by Gasteiger charge is 2.28. The number of carbonyl (C=O) groups is 1. The summed E-state index contributed by atoms with van der Waals surface area (Å²) in [5, 5.41) is 11.9. The maximum Gasteiger partial charge on any atom is 0.254 e. The number of carbonyl (C=O) groups excluding carboxylic acids is 1. The van der Waals surface area contributed by atoms with Crippen molar-refractivity contribution < 1.29 is 14.3 Å². The fraction of sp³-hybridized carbons (Fsp3) is 0.467. The second-order valence-electron chi connectivity index (χ2n) is 5.42. The van der Waals surface area contributed by atoms with E-state index in [0.29, 0.717) is 0 Å². The molecule has 0 bridgehead atoms. The van der Waals surface area contributed by atoms with Crippen molar-refractivity contribution in [2.45, 2.75) is 38.1 Å². The van der Waals surface area contributed by atoms with Gasteiger partial charge in [-0.1, -0.05) is 31.5 Å². The Kier molecular flexibility index (Phi) is 5.12. The molecule has 0 aliphatic heterocycles. The lowest BCUT2D eigenvalue weighted by molar-refractivity contribution is 0.0928. The number of halogens is 1. The standard InChI is InChI=1S/C15H19FN2O2S/c16-12-8-10(19)6-7-11(12)15(20)18-13(14(17)21)9-4-2-1-3-5-9/h6-9,13,19H,1-5H2,(H2,17,21)(H,18,20). The van der Waals surface area contributed by atoms with E-state index in [-0.39, 0.29) is 22.2 Å². The van der Waals surface area contributed by atoms with Crippen molar-refractivity contribution in [3.63, 3.8) is 0 Å². The number of amides is 1. The van der Waals surface area contributed by atoms with Crippen molar-refractivity contribution in [1.29, 1.82) is 0 Å². The zero-order chi connectivity index (χ0) is 15.4. The predicted octanol–water partition coefficient (Wildman–Crippen LogP) is 2.50. The molecule has 1 aliphatic rings. The molecule has 1 fully saturated rings. The van der Waals surface area contributed by atoms with E-state index < -0.39 is 17.8 Å². The molecule has 2 rings (SSSR count). The van der Waals surface area contributed by atoms with E-state index in [1.807, 2.05) is 0 Å². The Morgan fingerprint density at radius 1 is 1.38 bits per heavy atom. The van der Waals surface area contributed by atoms with Crippen LogP contribution in [-0.2, 0) is 0 Å². The van der Waals surface area contributed by atoms with E-state index in [4.69, 9.17) is 18.0 Å². The first-order valence-corrected chi connectivity index (χ1v) is 7.48. The van der Waals surface area contributed by atoms with Gasteiger partial charge in [0.1, 0.15) is 11.6 Å². The fourth-order valence-corrected chi connectivity index (χ4v) is 3.05. The Morgan fingerprint density at radius 2 is 2.05 bits per heavy atom. The number of thiocarbonyl (C=S) groups is 1. The second kappa shape index (κ2) is 6.85. The van der Waals surface area contributed by atoms with Crippen LogP contribution < -0.4 is 11.1 Å². The minimum atomic E-state index is -0.766. The fourth-order valence-electron chi connectivity index (χ4n) is 2.80. The molecule has 4 nitrogen and oxygen atoms in total. The van der Waals surface area contributed by atoms with Gasteiger partial charge in [-0.2, -0.15) is 0 Å². The zero-order valence-corrected chi connectivity index (χ0v) is 12.5. The van der Waals surface area contributed by atoms with Gasteiger partial charge in [-0.15, -0.1) is 0 Å². The van der Waals surface area contributed by atoms with E-state index in [2.05, 4.69) is 5.32 Å². The lowest BCUT2D eigenvalue weighted by atomic mass is 9.83. The largest absolute Gasteiger partial charge is 0.508 e. The maximum atomic E-state index is 13.7. The van der Waals surface area contributed by atoms with Gasteiger partial charge in [0.25, 0.3) is 5.91 Å². The molecule has 6 heteroatoms. The molecule has 0 aromatic heterocycles. The minimum absolute atomic E-state index is 0.121. The van der Waals surface area contributed by atoms with Crippen molar-refractivity contribution in [2.75, 3.05) is 0 Å². The number of nitrogens with two attached hydrogens (primary N) is 1. The summed E-state index contributed by atoms with van der Waals surface area (Å²) in [7, 11) is 0. The van der Waals surface area contributed by atoms with Crippen molar-refractivity contribution in [1.82, 2.24) is 5.32 Å². The van der Waals surface area contributed by atoms with Crippen molar-refractivity contribution in [3.05, 3.63) is 29.6 Å². The Morgan fingerprint density at radius 3 is 2.62 bits per heavy atom. The van der Waals surface area contributed by atoms with Crippen LogP contribution in [0.15, 0.2) is 18.2 Å². The topological polar surface area (TPSA) is 75.3 Å². The molecular weight excluding hydrogens is 291 g/mol. The van der Waals surface area contributed by atoms with Crippen LogP contribution in [0.4, 0.5) is 4.39 Å². The summed E-state index contributed by atoms with van der Waals surface area (Å²) < 4.78 is 13.7. The molecule has 0 saturated heterocycles. The van der Waals surface area contributed by atoms with Crippen LogP contribution in [-0.4, -0.2) is 22.0 Å². The molecule has 1 aliphatic carbocycles. The van der Waals surface area contributed by atoms with Gasteiger partial charge in [0, 0.05) is 6.07 Å². The van der Waals surface area contributed by atoms with Crippen LogP contribution in [0.2, 0.25) is 0 Å². The first-order chi connectivity index (χ1) is 9.99. The van der Waals surface area contributed by atoms with Gasteiger partial charge in [-0.25, -0.2) is 4.39 Å². The molecule has 1 unspecified atom stereocenters. The van der Waals surface area contributed by atoms with Crippen LogP contribution >= 0.6 is 12.2 Å². The number of aromatic hydroxyl groups is 1. The molecule has 1 atom stereocenters. The van der Waals surface area contributed by atoms with E-state index in [1.54, 1.807) is 0 Å². The molecule has 1 saturated carbocycles. The molecule has 1 aromatic rings. The van der Waals surface area contributed by atoms with Crippen LogP contribution in [0.1, 0.15) is 42.5 Å². The zero-order valence-electron chi connectivity index (χ0n) is 11.6. The second-order valence-corrected chi connectivity index (χ2v) is 5.89. The summed E-state index contributed by atoms with van der Waals surface area (Å²) in [6, 6.07) is 3.01. The van der Waals surface area contributed by atoms with E-state index in [0.717, 1.165) is 31.7 Å². The molecular formula is C15H19FN2O2S. The van der Waals surface area contributed by atoms with Crippen molar-refractivity contribution in [3.8, 4) is 5.75 Å². The van der Waals surface area contributed by atoms with Crippen LogP contribution in [0.5, 0.6) is 5.75 Å². The maximum absolute atomic E-state index is 13.7. The molecule has 0 radical (unpaired) electrons. The number of hydrogen-bond donors (Lipinski definition) is 3. The van der Waals surface area contributed by atoms with Crippen LogP contribution in [0.3, 0.4) is 0 Å². The smallest absolute Gasteiger partial charge is 0.254 e. The first kappa shape index (κ1) is 15.7. The van der Waals surface area contributed by atoms with Crippen LogP contribution in [0.25, 0.3) is 0 Å². The molecule has 0 heterocycles. The quantitative estimate of drug-likeness (QED) is 0.747. The predicted molar refractivity (Wildman–Crippen MR) is 82.7 cm³/mol. The third-order valence-electron chi connectivity index (χ3n) is 3.91. The molecule has 4 N–H and O–H groups in total. The third-order valence-corrected chi connectivity index (χ3v) is 4.17. The Bertz CT molecular complexity index is 544. The normalized spacial score (nSPS) is 17.2. The third kappa shape index (κ3) is 3.91. The molecule has 1 aromatic carbocycles. The van der Waals surface area contributed by atoms with Crippen molar-refractivity contribution >= 4 is 23.1 Å². The summed E-state index contributed by atoms with van der Waals surface area (Å²) in [6.07, 6.45) is 5.28. The summed E-state index contributed by atoms with van der Waals surface area (Å²) in [4.78, 5) is 12.4. The van der Waals surface area contributed by atoms with Gasteiger partial charge < -0.3 is 16.2 Å². The van der Waals surface area contributed by atoms with Gasteiger partial charge in [-0.05, 0) is 30.9 Å². The van der Waals surface area contributed by atoms with E-state index >= 15 is 0 Å². The summed E-state index contributed by atoms with van der Waals surface area (Å²) in [5.74, 6) is -1.34. The van der Waals surface area contributed by atoms with Crippen LogP contribution in [0, 0.1) is 11.7 Å². The lowest BCUT2D eigenvalue weighted by Gasteiger charge is -2.30. The van der Waals surface area contributed by atoms with Gasteiger partial charge in [-0.3, -0.25) is 4.79 Å². The summed E-state index contributed by atoms with van der Waals surface area (Å²) in [6.45, 7) is 0. The van der Waals surface area contributed by atoms with Gasteiger partial charge in [0.15, 0.2) is 0 Å². The summed E-state index contributed by atoms with van der Waals surface area (Å²) >= 11 is 5.05. The van der Waals surface area contributed by atoms with E-state index in [1.165, 1.54) is 18.6 Å². The Labute approximate surface area is 128 Å². The number of benzene rings is 1. The average Bonchev–Trinajstić information content (AvgIpc) is 2.45. The molecule has 21 heavy (non-hydrogen) atoms. The number of phenols is 1. The number of phenolic OH excluding ortho intramolecular Hbond substituents is 1. The molecule has 114 valence electrons. The number of nitrogens with one attached hydrogen (secondary N) is 1. The highest BCUT2D eigenvalue weighted by Crippen LogP contribution is 2.27. The van der Waals surface area contributed by atoms with Gasteiger partial charge in [0.05, 0.1) is 16.6 Å². The Balaban J connectivity index is 2.12. The SMILES string of the molecule is NC(=S)C(NC(=O)c1ccc(O)cc1F)C1CCCCC1. The average molecular weight is 310 g/mol. The van der Waals surface area contributed by atoms with E-state index in [9.17, 15) is 14.3 Å². The Hall–Kier alpha value is -1.69. The molecule has 0 spiro atoms. The van der Waals surface area contributed by atoms with Gasteiger partial charge >= 0.3 is 0 Å². The molecule has 1 amide bonds. The highest BCUT2D eigenvalue weighted by atomic mass is 32.1. The van der Waals surface area contributed by atoms with Crippen molar-refractivity contribution in [2.24, 2.45) is 11.7 Å². The monoisotopic (exact) mass is 310 g/mol. The van der Waals surface area contributed by atoms with Gasteiger partial charge in [0.2, 0.25) is 0 Å². The summed E-state index contributed by atoms with van der Waals surface area (Å²) in [5.41, 5.74) is 5.62.